The van der Waals surface area contributed by atoms with Gasteiger partial charge in [-0.15, -0.1) is 0 Å². The molecular weight excluding hydrogens is 395 g/mol. The van der Waals surface area contributed by atoms with E-state index < -0.39 is 22.9 Å². The molecule has 3 aromatic rings. The third-order valence-corrected chi connectivity index (χ3v) is 4.97. The number of aliphatic hydroxyl groups is 1. The Morgan fingerprint density at radius 1 is 1.26 bits per heavy atom. The van der Waals surface area contributed by atoms with Crippen LogP contribution in [0.3, 0.4) is 0 Å². The maximum absolute atomic E-state index is 14.1. The minimum Gasteiger partial charge on any atom is -0.385 e. The Morgan fingerprint density at radius 3 is 2.48 bits per heavy atom. The maximum Gasteiger partial charge on any atom is 0.229 e. The summed E-state index contributed by atoms with van der Waals surface area (Å²) < 4.78 is 16.0. The maximum atomic E-state index is 14.1. The van der Waals surface area contributed by atoms with E-state index in [-0.39, 0.29) is 19.4 Å². The largest absolute Gasteiger partial charge is 0.385 e. The number of rotatable bonds is 4. The number of benzene rings is 2. The van der Waals surface area contributed by atoms with Crippen molar-refractivity contribution in [2.24, 2.45) is 0 Å². The van der Waals surface area contributed by atoms with Crippen LogP contribution >= 0.6 is 0 Å². The normalized spacial score (nSPS) is 13.2. The van der Waals surface area contributed by atoms with Crippen LogP contribution in [0.4, 0.5) is 16.0 Å². The molecule has 0 radical (unpaired) electrons. The molecule has 1 amide bonds. The zero-order valence-corrected chi connectivity index (χ0v) is 17.7. The Kier molecular flexibility index (Phi) is 6.57. The summed E-state index contributed by atoms with van der Waals surface area (Å²) >= 11 is 0. The van der Waals surface area contributed by atoms with Gasteiger partial charge in [0.25, 0.3) is 0 Å². The average molecular weight is 425 g/mol. The van der Waals surface area contributed by atoms with Gasteiger partial charge in [-0.1, -0.05) is 25.6 Å². The van der Waals surface area contributed by atoms with Crippen LogP contribution in [0.5, 0.6) is 0 Å². The molecule has 6 nitrogen and oxygen atoms in total. The lowest BCUT2D eigenvalue weighted by Crippen LogP contribution is -2.31. The van der Waals surface area contributed by atoms with E-state index in [1.54, 1.807) is 12.1 Å². The highest BCUT2D eigenvalue weighted by Gasteiger charge is 2.31. The highest BCUT2D eigenvalue weighted by molar-refractivity contribution is 5.93. The molecule has 7 heteroatoms. The quantitative estimate of drug-likeness (QED) is 0.531. The van der Waals surface area contributed by atoms with E-state index in [9.17, 15) is 14.3 Å². The minimum atomic E-state index is -1.68. The smallest absolute Gasteiger partial charge is 0.229 e. The SMILES string of the molecule is C.[C-]#[N+]c1cc2c(cc1C)nc(NC(=O)C[C@](C)(O)c1ccccc1F)n2C(C)(C)C. The molecule has 31 heavy (non-hydrogen) atoms. The summed E-state index contributed by atoms with van der Waals surface area (Å²) in [6.07, 6.45) is -0.340. The van der Waals surface area contributed by atoms with Gasteiger partial charge in [0.2, 0.25) is 11.9 Å². The molecule has 0 unspecified atom stereocenters. The molecule has 0 aliphatic rings. The van der Waals surface area contributed by atoms with Crippen LogP contribution in [-0.2, 0) is 15.9 Å². The number of aryl methyl sites for hydroxylation is 1. The Bertz CT molecular complexity index is 1170. The van der Waals surface area contributed by atoms with Gasteiger partial charge in [0.15, 0.2) is 5.69 Å². The van der Waals surface area contributed by atoms with Crippen molar-refractivity contribution in [1.82, 2.24) is 9.55 Å². The highest BCUT2D eigenvalue weighted by atomic mass is 19.1. The van der Waals surface area contributed by atoms with Crippen LogP contribution in [0.1, 0.15) is 52.7 Å². The van der Waals surface area contributed by atoms with Gasteiger partial charge in [0, 0.05) is 11.1 Å². The number of fused-ring (bicyclic) bond motifs is 1. The molecular formula is C24H29FN4O2. The highest BCUT2D eigenvalue weighted by Crippen LogP contribution is 2.33. The number of nitrogens with one attached hydrogen (secondary N) is 1. The molecule has 164 valence electrons. The van der Waals surface area contributed by atoms with Gasteiger partial charge in [0.1, 0.15) is 5.82 Å². The second-order valence-corrected chi connectivity index (χ2v) is 8.66. The number of halogens is 1. The third-order valence-electron chi connectivity index (χ3n) is 4.97. The van der Waals surface area contributed by atoms with Crippen molar-refractivity contribution in [2.75, 3.05) is 5.32 Å². The second kappa shape index (κ2) is 8.48. The van der Waals surface area contributed by atoms with Crippen LogP contribution in [0.25, 0.3) is 15.9 Å². The van der Waals surface area contributed by atoms with Crippen molar-refractivity contribution in [2.45, 2.75) is 59.6 Å². The number of carbonyl (C=O) groups excluding carboxylic acids is 1. The Balaban J connectivity index is 0.00000341. The van der Waals surface area contributed by atoms with E-state index in [4.69, 9.17) is 6.57 Å². The summed E-state index contributed by atoms with van der Waals surface area (Å²) in [7, 11) is 0. The van der Waals surface area contributed by atoms with Crippen molar-refractivity contribution < 1.29 is 14.3 Å². The number of hydrogen-bond donors (Lipinski definition) is 2. The van der Waals surface area contributed by atoms with E-state index in [2.05, 4.69) is 15.1 Å². The molecule has 1 atom stereocenters. The van der Waals surface area contributed by atoms with E-state index in [0.717, 1.165) is 11.1 Å². The lowest BCUT2D eigenvalue weighted by molar-refractivity contribution is -0.120. The first-order valence-corrected chi connectivity index (χ1v) is 9.62. The van der Waals surface area contributed by atoms with Crippen LogP contribution in [0.2, 0.25) is 0 Å². The van der Waals surface area contributed by atoms with Gasteiger partial charge in [0.05, 0.1) is 29.6 Å². The fourth-order valence-electron chi connectivity index (χ4n) is 3.58. The molecule has 0 saturated heterocycles. The molecule has 0 bridgehead atoms. The van der Waals surface area contributed by atoms with Gasteiger partial charge in [-0.2, -0.15) is 0 Å². The summed E-state index contributed by atoms with van der Waals surface area (Å²) in [5, 5.41) is 13.5. The molecule has 0 spiro atoms. The standard InChI is InChI=1S/C23H25FN4O2.CH4/c1-14-11-18-19(12-17(14)25-6)28(22(2,3)4)21(26-18)27-20(29)13-23(5,30)15-9-7-8-10-16(15)24;/h7-12,30H,13H2,1-5H3,(H,26,27,29);1H4/t23-;/m0./s1. The second-order valence-electron chi connectivity index (χ2n) is 8.66. The molecule has 0 aliphatic heterocycles. The molecule has 3 rings (SSSR count). The fourth-order valence-corrected chi connectivity index (χ4v) is 3.58. The number of nitrogens with zero attached hydrogens (tertiary/aromatic N) is 3. The first kappa shape index (κ1) is 24.0. The van der Waals surface area contributed by atoms with Crippen LogP contribution in [0, 0.1) is 19.3 Å². The topological polar surface area (TPSA) is 71.5 Å². The first-order chi connectivity index (χ1) is 13.9. The van der Waals surface area contributed by atoms with Gasteiger partial charge in [-0.3, -0.25) is 10.1 Å². The van der Waals surface area contributed by atoms with Gasteiger partial charge >= 0.3 is 0 Å². The number of hydrogen-bond acceptors (Lipinski definition) is 3. The van der Waals surface area contributed by atoms with Crippen molar-refractivity contribution in [1.29, 1.82) is 0 Å². The van der Waals surface area contributed by atoms with Crippen molar-refractivity contribution in [3.05, 3.63) is 64.8 Å². The van der Waals surface area contributed by atoms with Crippen molar-refractivity contribution in [3.8, 4) is 0 Å². The third kappa shape index (κ3) is 4.75. The summed E-state index contributed by atoms with van der Waals surface area (Å²) in [5.41, 5.74) is 0.662. The molecule has 1 heterocycles. The van der Waals surface area contributed by atoms with E-state index in [1.807, 2.05) is 38.3 Å². The molecule has 0 aliphatic carbocycles. The Morgan fingerprint density at radius 2 is 1.90 bits per heavy atom. The summed E-state index contributed by atoms with van der Waals surface area (Å²) in [6.45, 7) is 16.5. The monoisotopic (exact) mass is 424 g/mol. The van der Waals surface area contributed by atoms with Gasteiger partial charge < -0.3 is 9.67 Å². The zero-order chi connectivity index (χ0) is 22.3. The molecule has 0 saturated carbocycles. The van der Waals surface area contributed by atoms with Crippen LogP contribution < -0.4 is 5.32 Å². The zero-order valence-electron chi connectivity index (χ0n) is 17.7. The van der Waals surface area contributed by atoms with Crippen molar-refractivity contribution >= 4 is 28.6 Å². The lowest BCUT2D eigenvalue weighted by atomic mass is 9.92. The number of anilines is 1. The van der Waals surface area contributed by atoms with Crippen LogP contribution in [0.15, 0.2) is 36.4 Å². The fraction of sp³-hybridized carbons (Fsp3) is 0.375. The summed E-state index contributed by atoms with van der Waals surface area (Å²) in [5.74, 6) is -0.751. The summed E-state index contributed by atoms with van der Waals surface area (Å²) in [4.78, 5) is 20.9. The average Bonchev–Trinajstić information content (AvgIpc) is 2.97. The molecule has 2 aromatic carbocycles. The van der Waals surface area contributed by atoms with E-state index >= 15 is 0 Å². The Hall–Kier alpha value is -3.24. The van der Waals surface area contributed by atoms with Crippen molar-refractivity contribution in [3.63, 3.8) is 0 Å². The van der Waals surface area contributed by atoms with Crippen LogP contribution in [-0.4, -0.2) is 20.6 Å². The molecule has 1 aromatic heterocycles. The van der Waals surface area contributed by atoms with E-state index in [0.29, 0.717) is 17.2 Å². The van der Waals surface area contributed by atoms with Gasteiger partial charge in [-0.25, -0.2) is 14.2 Å². The number of imidazole rings is 1. The first-order valence-electron chi connectivity index (χ1n) is 9.62. The summed E-state index contributed by atoms with van der Waals surface area (Å²) in [6, 6.07) is 9.43. The Labute approximate surface area is 182 Å². The predicted molar refractivity (Wildman–Crippen MR) is 122 cm³/mol. The van der Waals surface area contributed by atoms with E-state index in [1.165, 1.54) is 25.1 Å². The number of aromatic nitrogens is 2. The van der Waals surface area contributed by atoms with Gasteiger partial charge in [-0.05, 0) is 58.4 Å². The molecule has 0 fully saturated rings. The lowest BCUT2D eigenvalue weighted by Gasteiger charge is -2.26. The predicted octanol–water partition coefficient (Wildman–Crippen LogP) is 5.66. The minimum absolute atomic E-state index is 0. The molecule has 2 N–H and O–H groups in total. The number of amides is 1. The number of carbonyl (C=O) groups is 1.